The summed E-state index contributed by atoms with van der Waals surface area (Å²) in [4.78, 5) is 34.8. The summed E-state index contributed by atoms with van der Waals surface area (Å²) >= 11 is 0. The Bertz CT molecular complexity index is 1300. The number of unbranched alkanes of at least 4 members (excludes halogenated alkanes) is 1. The number of carbonyl (C=O) groups excluding carboxylic acids is 1. The van der Waals surface area contributed by atoms with Gasteiger partial charge in [-0.1, -0.05) is 37.1 Å². The Labute approximate surface area is 179 Å². The highest BCUT2D eigenvalue weighted by atomic mass is 16.5. The van der Waals surface area contributed by atoms with Gasteiger partial charge in [-0.2, -0.15) is 4.98 Å². The van der Waals surface area contributed by atoms with Gasteiger partial charge in [-0.3, -0.25) is 14.2 Å². The number of nitrogens with zero attached hydrogens (tertiary/aromatic N) is 5. The maximum Gasteiger partial charge on any atom is 0.278 e. The summed E-state index contributed by atoms with van der Waals surface area (Å²) in [6, 6.07) is 5.89. The highest BCUT2D eigenvalue weighted by Crippen LogP contribution is 2.26. The predicted octanol–water partition coefficient (Wildman–Crippen LogP) is 2.57. The lowest BCUT2D eigenvalue weighted by atomic mass is 10.1. The van der Waals surface area contributed by atoms with Crippen LogP contribution in [0.5, 0.6) is 0 Å². The molecule has 31 heavy (non-hydrogen) atoms. The van der Waals surface area contributed by atoms with Crippen LogP contribution >= 0.6 is 0 Å². The van der Waals surface area contributed by atoms with E-state index in [4.69, 9.17) is 4.52 Å². The fourth-order valence-corrected chi connectivity index (χ4v) is 3.64. The fourth-order valence-electron chi connectivity index (χ4n) is 3.64. The SMILES string of the molecule is CCCCNC(=O)Cn1c2ccc(C)cc2c2ncn(Cc3nc(CC)no3)c(=O)c21. The van der Waals surface area contributed by atoms with Gasteiger partial charge in [-0.15, -0.1) is 0 Å². The maximum atomic E-state index is 13.4. The molecule has 0 aliphatic heterocycles. The van der Waals surface area contributed by atoms with Crippen LogP contribution in [0.25, 0.3) is 21.9 Å². The Balaban J connectivity index is 1.80. The molecule has 162 valence electrons. The molecule has 0 unspecified atom stereocenters. The first-order chi connectivity index (χ1) is 15.0. The van der Waals surface area contributed by atoms with Crippen molar-refractivity contribution in [2.45, 2.75) is 53.1 Å². The Hall–Kier alpha value is -3.49. The number of hydrogen-bond acceptors (Lipinski definition) is 6. The molecule has 1 amide bonds. The highest BCUT2D eigenvalue weighted by molar-refractivity contribution is 6.06. The molecule has 3 aromatic heterocycles. The lowest BCUT2D eigenvalue weighted by Crippen LogP contribution is -2.30. The third-order valence-corrected chi connectivity index (χ3v) is 5.27. The van der Waals surface area contributed by atoms with Crippen molar-refractivity contribution in [3.63, 3.8) is 0 Å². The van der Waals surface area contributed by atoms with Crippen molar-refractivity contribution in [1.29, 1.82) is 0 Å². The van der Waals surface area contributed by atoms with E-state index in [0.717, 1.165) is 29.3 Å². The van der Waals surface area contributed by atoms with Crippen molar-refractivity contribution in [2.75, 3.05) is 6.54 Å². The van der Waals surface area contributed by atoms with Crippen molar-refractivity contribution >= 4 is 27.8 Å². The molecule has 0 atom stereocenters. The van der Waals surface area contributed by atoms with E-state index < -0.39 is 0 Å². The molecule has 9 heteroatoms. The second-order valence-corrected chi connectivity index (χ2v) is 7.64. The second kappa shape index (κ2) is 8.71. The summed E-state index contributed by atoms with van der Waals surface area (Å²) in [6.07, 6.45) is 4.06. The van der Waals surface area contributed by atoms with Crippen LogP contribution in [-0.4, -0.2) is 36.7 Å². The van der Waals surface area contributed by atoms with Gasteiger partial charge in [-0.25, -0.2) is 4.98 Å². The number of benzene rings is 1. The first-order valence-corrected chi connectivity index (χ1v) is 10.6. The van der Waals surface area contributed by atoms with E-state index in [1.54, 1.807) is 4.57 Å². The summed E-state index contributed by atoms with van der Waals surface area (Å²) in [5, 5.41) is 7.66. The molecule has 0 aliphatic rings. The first kappa shape index (κ1) is 20.8. The number of amides is 1. The maximum absolute atomic E-state index is 13.4. The van der Waals surface area contributed by atoms with Gasteiger partial charge in [0, 0.05) is 18.4 Å². The lowest BCUT2D eigenvalue weighted by molar-refractivity contribution is -0.121. The van der Waals surface area contributed by atoms with Crippen LogP contribution in [0.1, 0.15) is 44.0 Å². The van der Waals surface area contributed by atoms with E-state index in [2.05, 4.69) is 27.4 Å². The largest absolute Gasteiger partial charge is 0.355 e. The van der Waals surface area contributed by atoms with Gasteiger partial charge in [0.25, 0.3) is 5.56 Å². The van der Waals surface area contributed by atoms with E-state index in [9.17, 15) is 9.59 Å². The molecule has 1 N–H and O–H groups in total. The van der Waals surface area contributed by atoms with E-state index in [1.165, 1.54) is 10.9 Å². The number of carbonyl (C=O) groups is 1. The molecule has 0 saturated carbocycles. The zero-order valence-corrected chi connectivity index (χ0v) is 18.0. The number of nitrogens with one attached hydrogen (secondary N) is 1. The summed E-state index contributed by atoms with van der Waals surface area (Å²) in [7, 11) is 0. The minimum atomic E-state index is -0.253. The van der Waals surface area contributed by atoms with Crippen LogP contribution in [0.3, 0.4) is 0 Å². The molecule has 0 spiro atoms. The summed E-state index contributed by atoms with van der Waals surface area (Å²) in [5.41, 5.74) is 2.59. The summed E-state index contributed by atoms with van der Waals surface area (Å²) in [6.45, 7) is 6.78. The molecule has 3 heterocycles. The van der Waals surface area contributed by atoms with E-state index >= 15 is 0 Å². The van der Waals surface area contributed by atoms with Crippen LogP contribution in [-0.2, 0) is 24.3 Å². The van der Waals surface area contributed by atoms with Crippen LogP contribution in [0.15, 0.2) is 33.8 Å². The zero-order chi connectivity index (χ0) is 22.0. The van der Waals surface area contributed by atoms with Crippen molar-refractivity contribution in [1.82, 2.24) is 29.6 Å². The Morgan fingerprint density at radius 3 is 2.84 bits per heavy atom. The third kappa shape index (κ3) is 4.08. The highest BCUT2D eigenvalue weighted by Gasteiger charge is 2.19. The van der Waals surface area contributed by atoms with E-state index in [0.29, 0.717) is 35.7 Å². The Morgan fingerprint density at radius 1 is 1.26 bits per heavy atom. The lowest BCUT2D eigenvalue weighted by Gasteiger charge is -2.09. The fraction of sp³-hybridized carbons (Fsp3) is 0.409. The molecule has 1 aromatic carbocycles. The molecule has 9 nitrogen and oxygen atoms in total. The molecular weight excluding hydrogens is 396 g/mol. The quantitative estimate of drug-likeness (QED) is 0.437. The second-order valence-electron chi connectivity index (χ2n) is 7.64. The number of aromatic nitrogens is 5. The number of aryl methyl sites for hydroxylation is 2. The standard InChI is InChI=1S/C22H26N6O3/c1-4-6-9-23-18(29)11-28-16-8-7-14(3)10-15(16)20-21(28)22(30)27(13-24-20)12-19-25-17(5-2)26-31-19/h7-8,10,13H,4-6,9,11-12H2,1-3H3,(H,23,29). The average Bonchev–Trinajstić information content (AvgIpc) is 3.33. The van der Waals surface area contributed by atoms with Gasteiger partial charge in [0.05, 0.1) is 11.8 Å². The van der Waals surface area contributed by atoms with Crippen molar-refractivity contribution in [3.8, 4) is 0 Å². The number of rotatable bonds is 8. The number of fused-ring (bicyclic) bond motifs is 3. The van der Waals surface area contributed by atoms with Gasteiger partial charge in [0.2, 0.25) is 11.8 Å². The molecule has 0 aliphatic carbocycles. The normalized spacial score (nSPS) is 11.5. The third-order valence-electron chi connectivity index (χ3n) is 5.27. The number of hydrogen-bond donors (Lipinski definition) is 1. The van der Waals surface area contributed by atoms with E-state index in [1.807, 2.05) is 32.0 Å². The van der Waals surface area contributed by atoms with Gasteiger partial charge in [0.15, 0.2) is 5.82 Å². The molecule has 0 radical (unpaired) electrons. The van der Waals surface area contributed by atoms with Crippen LogP contribution < -0.4 is 10.9 Å². The summed E-state index contributed by atoms with van der Waals surface area (Å²) < 4.78 is 8.42. The molecule has 0 fully saturated rings. The van der Waals surface area contributed by atoms with E-state index in [-0.39, 0.29) is 24.6 Å². The van der Waals surface area contributed by atoms with Gasteiger partial charge in [-0.05, 0) is 25.5 Å². The Morgan fingerprint density at radius 2 is 2.10 bits per heavy atom. The Kier molecular flexibility index (Phi) is 5.83. The first-order valence-electron chi connectivity index (χ1n) is 10.6. The molecule has 4 aromatic rings. The topological polar surface area (TPSA) is 108 Å². The van der Waals surface area contributed by atoms with Crippen molar-refractivity contribution in [2.24, 2.45) is 0 Å². The molecular formula is C22H26N6O3. The predicted molar refractivity (Wildman–Crippen MR) is 117 cm³/mol. The van der Waals surface area contributed by atoms with Crippen molar-refractivity contribution in [3.05, 3.63) is 52.2 Å². The van der Waals surface area contributed by atoms with Crippen LogP contribution in [0.2, 0.25) is 0 Å². The van der Waals surface area contributed by atoms with Gasteiger partial charge < -0.3 is 14.4 Å². The van der Waals surface area contributed by atoms with Gasteiger partial charge >= 0.3 is 0 Å². The van der Waals surface area contributed by atoms with Crippen molar-refractivity contribution < 1.29 is 9.32 Å². The monoisotopic (exact) mass is 422 g/mol. The van der Waals surface area contributed by atoms with Crippen LogP contribution in [0, 0.1) is 6.92 Å². The smallest absolute Gasteiger partial charge is 0.278 e. The minimum Gasteiger partial charge on any atom is -0.355 e. The molecule has 0 bridgehead atoms. The average molecular weight is 422 g/mol. The summed E-state index contributed by atoms with van der Waals surface area (Å²) in [5.74, 6) is 0.799. The minimum absolute atomic E-state index is 0.0499. The molecule has 4 rings (SSSR count). The van der Waals surface area contributed by atoms with Gasteiger partial charge in [0.1, 0.15) is 24.1 Å². The molecule has 0 saturated heterocycles. The van der Waals surface area contributed by atoms with Crippen LogP contribution in [0.4, 0.5) is 0 Å². The zero-order valence-electron chi connectivity index (χ0n) is 18.0.